The van der Waals surface area contributed by atoms with Crippen molar-refractivity contribution < 1.29 is 4.79 Å². The van der Waals surface area contributed by atoms with Gasteiger partial charge >= 0.3 is 0 Å². The van der Waals surface area contributed by atoms with Gasteiger partial charge in [-0.2, -0.15) is 0 Å². The van der Waals surface area contributed by atoms with Crippen LogP contribution in [0.15, 0.2) is 24.3 Å². The smallest absolute Gasteiger partial charge is 0.225 e. The van der Waals surface area contributed by atoms with Crippen LogP contribution in [-0.2, 0) is 4.79 Å². The maximum Gasteiger partial charge on any atom is 0.225 e. The van der Waals surface area contributed by atoms with Gasteiger partial charge in [-0.15, -0.1) is 0 Å². The number of anilines is 2. The normalized spacial score (nSPS) is 14.8. The molecule has 1 aliphatic rings. The van der Waals surface area contributed by atoms with E-state index in [0.29, 0.717) is 12.5 Å². The minimum absolute atomic E-state index is 0.0621. The zero-order valence-corrected chi connectivity index (χ0v) is 12.5. The quantitative estimate of drug-likeness (QED) is 0.839. The van der Waals surface area contributed by atoms with E-state index in [1.165, 1.54) is 18.5 Å². The van der Waals surface area contributed by atoms with Crippen molar-refractivity contribution in [2.24, 2.45) is 0 Å². The number of hydrogen-bond acceptors (Lipinski definition) is 3. The van der Waals surface area contributed by atoms with E-state index in [0.717, 1.165) is 25.3 Å². The van der Waals surface area contributed by atoms with Crippen LogP contribution in [0.5, 0.6) is 0 Å². The molecule has 0 bridgehead atoms. The average Bonchev–Trinajstić information content (AvgIpc) is 2.93. The Kier molecular flexibility index (Phi) is 5.41. The first kappa shape index (κ1) is 14.9. The number of hydrogen-bond donors (Lipinski definition) is 2. The van der Waals surface area contributed by atoms with Crippen LogP contribution in [0.1, 0.15) is 33.1 Å². The van der Waals surface area contributed by atoms with Gasteiger partial charge in [0.25, 0.3) is 0 Å². The van der Waals surface area contributed by atoms with Gasteiger partial charge in [-0.05, 0) is 37.1 Å². The van der Waals surface area contributed by atoms with E-state index in [1.807, 2.05) is 12.1 Å². The van der Waals surface area contributed by atoms with E-state index < -0.39 is 0 Å². The molecular formula is C16H25N3O. The minimum Gasteiger partial charge on any atom is -0.372 e. The van der Waals surface area contributed by atoms with E-state index in [9.17, 15) is 4.79 Å². The molecule has 1 saturated heterocycles. The zero-order valence-electron chi connectivity index (χ0n) is 12.5. The molecule has 0 spiro atoms. The van der Waals surface area contributed by atoms with Crippen molar-refractivity contribution in [3.8, 4) is 0 Å². The zero-order chi connectivity index (χ0) is 14.4. The Morgan fingerprint density at radius 2 is 1.85 bits per heavy atom. The van der Waals surface area contributed by atoms with Gasteiger partial charge in [0.1, 0.15) is 0 Å². The summed E-state index contributed by atoms with van der Waals surface area (Å²) in [7, 11) is 0. The molecule has 1 fully saturated rings. The number of benzene rings is 1. The van der Waals surface area contributed by atoms with Gasteiger partial charge in [0.05, 0.1) is 0 Å². The van der Waals surface area contributed by atoms with Crippen molar-refractivity contribution >= 4 is 17.3 Å². The third-order valence-electron chi connectivity index (χ3n) is 3.53. The molecule has 4 heteroatoms. The van der Waals surface area contributed by atoms with Crippen LogP contribution in [0.4, 0.5) is 11.4 Å². The van der Waals surface area contributed by atoms with Crippen molar-refractivity contribution in [2.75, 3.05) is 29.9 Å². The molecule has 1 aromatic rings. The lowest BCUT2D eigenvalue weighted by Gasteiger charge is -2.17. The molecule has 0 unspecified atom stereocenters. The van der Waals surface area contributed by atoms with Crippen LogP contribution in [0.25, 0.3) is 0 Å². The van der Waals surface area contributed by atoms with Gasteiger partial charge in [0, 0.05) is 43.5 Å². The van der Waals surface area contributed by atoms with Gasteiger partial charge in [0.2, 0.25) is 5.91 Å². The summed E-state index contributed by atoms with van der Waals surface area (Å²) in [5.41, 5.74) is 2.13. The van der Waals surface area contributed by atoms with Gasteiger partial charge in [-0.1, -0.05) is 13.8 Å². The Balaban J connectivity index is 1.79. The SMILES string of the molecule is CC(C)NCCC(=O)Nc1ccc(N2CCCC2)cc1. The topological polar surface area (TPSA) is 44.4 Å². The molecule has 1 amide bonds. The van der Waals surface area contributed by atoms with Crippen molar-refractivity contribution in [1.29, 1.82) is 0 Å². The molecule has 4 nitrogen and oxygen atoms in total. The molecule has 0 radical (unpaired) electrons. The molecule has 1 aliphatic heterocycles. The summed E-state index contributed by atoms with van der Waals surface area (Å²) in [4.78, 5) is 14.2. The third kappa shape index (κ3) is 4.53. The number of rotatable bonds is 6. The highest BCUT2D eigenvalue weighted by atomic mass is 16.1. The fraction of sp³-hybridized carbons (Fsp3) is 0.562. The fourth-order valence-electron chi connectivity index (χ4n) is 2.43. The largest absolute Gasteiger partial charge is 0.372 e. The summed E-state index contributed by atoms with van der Waals surface area (Å²) in [5.74, 6) is 0.0621. The lowest BCUT2D eigenvalue weighted by molar-refractivity contribution is -0.116. The lowest BCUT2D eigenvalue weighted by atomic mass is 10.2. The second-order valence-electron chi connectivity index (χ2n) is 5.65. The van der Waals surface area contributed by atoms with Gasteiger partial charge < -0.3 is 15.5 Å². The Labute approximate surface area is 121 Å². The summed E-state index contributed by atoms with van der Waals surface area (Å²) in [5, 5.41) is 6.18. The van der Waals surface area contributed by atoms with E-state index in [4.69, 9.17) is 0 Å². The maximum atomic E-state index is 11.8. The number of nitrogens with one attached hydrogen (secondary N) is 2. The van der Waals surface area contributed by atoms with Crippen molar-refractivity contribution in [3.63, 3.8) is 0 Å². The highest BCUT2D eigenvalue weighted by Crippen LogP contribution is 2.21. The van der Waals surface area contributed by atoms with E-state index in [-0.39, 0.29) is 5.91 Å². The van der Waals surface area contributed by atoms with Gasteiger partial charge in [-0.3, -0.25) is 4.79 Å². The van der Waals surface area contributed by atoms with Crippen LogP contribution >= 0.6 is 0 Å². The predicted octanol–water partition coefficient (Wildman–Crippen LogP) is 2.61. The summed E-state index contributed by atoms with van der Waals surface area (Å²) in [6.45, 7) is 7.17. The molecule has 0 aliphatic carbocycles. The molecule has 2 N–H and O–H groups in total. The molecule has 0 saturated carbocycles. The molecule has 0 aromatic heterocycles. The summed E-state index contributed by atoms with van der Waals surface area (Å²) < 4.78 is 0. The first-order valence-electron chi connectivity index (χ1n) is 7.53. The molecule has 2 rings (SSSR count). The first-order chi connectivity index (χ1) is 9.65. The van der Waals surface area contributed by atoms with Gasteiger partial charge in [0.15, 0.2) is 0 Å². The van der Waals surface area contributed by atoms with Crippen LogP contribution < -0.4 is 15.5 Å². The number of carbonyl (C=O) groups is 1. The number of nitrogens with zero attached hydrogens (tertiary/aromatic N) is 1. The van der Waals surface area contributed by atoms with E-state index in [2.05, 4.69) is 41.5 Å². The molecule has 1 aromatic carbocycles. The second kappa shape index (κ2) is 7.29. The summed E-state index contributed by atoms with van der Waals surface area (Å²) in [6, 6.07) is 8.58. The van der Waals surface area contributed by atoms with Crippen LogP contribution in [-0.4, -0.2) is 31.6 Å². The molecule has 110 valence electrons. The fourth-order valence-corrected chi connectivity index (χ4v) is 2.43. The highest BCUT2D eigenvalue weighted by molar-refractivity contribution is 5.91. The van der Waals surface area contributed by atoms with Crippen LogP contribution in [0.3, 0.4) is 0 Å². The first-order valence-corrected chi connectivity index (χ1v) is 7.53. The molecule has 20 heavy (non-hydrogen) atoms. The van der Waals surface area contributed by atoms with Gasteiger partial charge in [-0.25, -0.2) is 0 Å². The Morgan fingerprint density at radius 3 is 2.45 bits per heavy atom. The second-order valence-corrected chi connectivity index (χ2v) is 5.65. The standard InChI is InChI=1S/C16H25N3O/c1-13(2)17-10-9-16(20)18-14-5-7-15(8-6-14)19-11-3-4-12-19/h5-8,13,17H,3-4,9-12H2,1-2H3,(H,18,20). The minimum atomic E-state index is 0.0621. The van der Waals surface area contributed by atoms with E-state index >= 15 is 0 Å². The number of carbonyl (C=O) groups excluding carboxylic acids is 1. The molecule has 1 heterocycles. The monoisotopic (exact) mass is 275 g/mol. The molecular weight excluding hydrogens is 250 g/mol. The molecule has 0 atom stereocenters. The van der Waals surface area contributed by atoms with Crippen molar-refractivity contribution in [1.82, 2.24) is 5.32 Å². The highest BCUT2D eigenvalue weighted by Gasteiger charge is 2.12. The third-order valence-corrected chi connectivity index (χ3v) is 3.53. The van der Waals surface area contributed by atoms with Crippen molar-refractivity contribution in [2.45, 2.75) is 39.2 Å². The Morgan fingerprint density at radius 1 is 1.20 bits per heavy atom. The summed E-state index contributed by atoms with van der Waals surface area (Å²) in [6.07, 6.45) is 3.06. The predicted molar refractivity (Wildman–Crippen MR) is 84.3 cm³/mol. The van der Waals surface area contributed by atoms with Crippen LogP contribution in [0.2, 0.25) is 0 Å². The number of amides is 1. The Bertz CT molecular complexity index is 422. The van der Waals surface area contributed by atoms with Crippen molar-refractivity contribution in [3.05, 3.63) is 24.3 Å². The van der Waals surface area contributed by atoms with E-state index in [1.54, 1.807) is 0 Å². The average molecular weight is 275 g/mol. The Hall–Kier alpha value is -1.55. The van der Waals surface area contributed by atoms with Crippen LogP contribution in [0, 0.1) is 0 Å². The summed E-state index contributed by atoms with van der Waals surface area (Å²) >= 11 is 0. The lowest BCUT2D eigenvalue weighted by Crippen LogP contribution is -2.27. The maximum absolute atomic E-state index is 11.8.